The Morgan fingerprint density at radius 1 is 1.12 bits per heavy atom. The minimum atomic E-state index is -6.20. The lowest BCUT2D eigenvalue weighted by Crippen LogP contribution is -2.65. The maximum atomic E-state index is 13.9. The van der Waals surface area contributed by atoms with Crippen LogP contribution in [0.4, 0.5) is 23.7 Å². The highest BCUT2D eigenvalue weighted by atomic mass is 32.2. The van der Waals surface area contributed by atoms with Gasteiger partial charge < -0.3 is 13.9 Å². The summed E-state index contributed by atoms with van der Waals surface area (Å²) in [6.45, 7) is 11.6. The van der Waals surface area contributed by atoms with E-state index in [4.69, 9.17) is 13.9 Å². The van der Waals surface area contributed by atoms with E-state index in [2.05, 4.69) is 48.6 Å². The molecule has 1 saturated carbocycles. The SMILES string of the molecule is COC(=O)N1c2ccc(O[Si](C)(C)C(C)(C)C)cc2[C@@]23O[C@@]24[C@@H]1C#C/C=C\C#C[C@H]3C(=O)[C@@H](OS(=O)(=O)C(F)(F)F)[C@@H]4C. The molecule has 4 aliphatic rings. The van der Waals surface area contributed by atoms with Crippen LogP contribution >= 0.6 is 0 Å². The molecule has 0 aromatic heterocycles. The Bertz CT molecular complexity index is 1680. The molecule has 9 nitrogen and oxygen atoms in total. The zero-order valence-electron chi connectivity index (χ0n) is 24.5. The van der Waals surface area contributed by atoms with Crippen molar-refractivity contribution in [2.24, 2.45) is 11.8 Å². The Morgan fingerprint density at radius 2 is 1.74 bits per heavy atom. The lowest BCUT2D eigenvalue weighted by molar-refractivity contribution is -0.136. The lowest BCUT2D eigenvalue weighted by Gasteiger charge is -2.47. The minimum absolute atomic E-state index is 0.180. The van der Waals surface area contributed by atoms with Crippen LogP contribution < -0.4 is 9.33 Å². The zero-order chi connectivity index (χ0) is 32.0. The average Bonchev–Trinajstić information content (AvgIpc) is 3.61. The highest BCUT2D eigenvalue weighted by molar-refractivity contribution is 7.87. The van der Waals surface area contributed by atoms with Crippen molar-refractivity contribution >= 4 is 36.0 Å². The number of alkyl halides is 3. The van der Waals surface area contributed by atoms with E-state index in [9.17, 15) is 31.2 Å². The third-order valence-electron chi connectivity index (χ3n) is 9.02. The number of ketones is 1. The van der Waals surface area contributed by atoms with Crippen molar-refractivity contribution in [2.75, 3.05) is 12.0 Å². The Hall–Kier alpha value is -3.30. The summed E-state index contributed by atoms with van der Waals surface area (Å²) in [5.41, 5.74) is -8.52. The summed E-state index contributed by atoms with van der Waals surface area (Å²) in [6, 6.07) is 3.70. The smallest absolute Gasteiger partial charge is 0.523 e. The molecule has 5 rings (SSSR count). The summed E-state index contributed by atoms with van der Waals surface area (Å²) in [6.07, 6.45) is -0.261. The van der Waals surface area contributed by atoms with Crippen molar-refractivity contribution in [3.63, 3.8) is 0 Å². The van der Waals surface area contributed by atoms with Gasteiger partial charge in [-0.2, -0.15) is 21.6 Å². The van der Waals surface area contributed by atoms with E-state index >= 15 is 0 Å². The molecule has 1 aromatic carbocycles. The van der Waals surface area contributed by atoms with Crippen LogP contribution in [0, 0.1) is 35.5 Å². The first-order valence-electron chi connectivity index (χ1n) is 13.4. The van der Waals surface area contributed by atoms with Gasteiger partial charge in [0.1, 0.15) is 35.0 Å². The number of hydrogen-bond donors (Lipinski definition) is 0. The quantitative estimate of drug-likeness (QED) is 0.155. The number of nitrogens with zero attached hydrogens (tertiary/aromatic N) is 1. The number of amides is 1. The number of methoxy groups -OCH3 is 1. The second-order valence-corrected chi connectivity index (χ2v) is 18.7. The molecule has 0 unspecified atom stereocenters. The van der Waals surface area contributed by atoms with Gasteiger partial charge in [0.25, 0.3) is 0 Å². The van der Waals surface area contributed by atoms with Crippen molar-refractivity contribution in [1.29, 1.82) is 0 Å². The maximum Gasteiger partial charge on any atom is 0.523 e. The number of Topliss-reactive ketones (excluding diaryl/α,β-unsaturated/α-hetero) is 1. The van der Waals surface area contributed by atoms with Crippen LogP contribution in [0.5, 0.6) is 5.75 Å². The summed E-state index contributed by atoms with van der Waals surface area (Å²) in [7, 11) is -7.43. The average molecular weight is 638 g/mol. The molecule has 6 atom stereocenters. The lowest BCUT2D eigenvalue weighted by atomic mass is 9.58. The molecule has 0 spiro atoms. The highest BCUT2D eigenvalue weighted by Crippen LogP contribution is 2.73. The first kappa shape index (κ1) is 31.1. The van der Waals surface area contributed by atoms with E-state index < -0.39 is 71.0 Å². The standard InChI is InChI=1S/C29H30F3NO8SSi/c1-17-24(39-42(36,37)29(30,31)32)23(34)19-12-10-8-9-11-13-22-27(17)28(19,41-27)20-16-18(40-43(6,7)26(2,3)4)14-15-21(20)33(22)25(35)38-5/h8-9,14-17,19,22,24H,1-7H3/b9-8-/t17-,19-,22-,24-,27-,28+/m0/s1. The fourth-order valence-corrected chi connectivity index (χ4v) is 7.56. The molecule has 2 heterocycles. The Balaban J connectivity index is 1.78. The van der Waals surface area contributed by atoms with E-state index in [1.807, 2.05) is 13.1 Å². The Morgan fingerprint density at radius 3 is 2.33 bits per heavy atom. The number of allylic oxidation sites excluding steroid dienone is 2. The highest BCUT2D eigenvalue weighted by Gasteiger charge is 2.87. The van der Waals surface area contributed by atoms with E-state index in [-0.39, 0.29) is 10.7 Å². The predicted octanol–water partition coefficient (Wildman–Crippen LogP) is 4.64. The number of anilines is 1. The van der Waals surface area contributed by atoms with Crippen molar-refractivity contribution < 1.29 is 49.3 Å². The summed E-state index contributed by atoms with van der Waals surface area (Å²) in [4.78, 5) is 28.5. The third kappa shape index (κ3) is 4.33. The number of hydrogen-bond acceptors (Lipinski definition) is 8. The van der Waals surface area contributed by atoms with Crippen LogP contribution in [-0.4, -0.2) is 59.0 Å². The molecule has 14 heteroatoms. The van der Waals surface area contributed by atoms with Gasteiger partial charge in [0.15, 0.2) is 5.78 Å². The second kappa shape index (κ2) is 9.60. The van der Waals surface area contributed by atoms with E-state index in [1.54, 1.807) is 18.2 Å². The molecule has 0 radical (unpaired) electrons. The monoisotopic (exact) mass is 637 g/mol. The van der Waals surface area contributed by atoms with Crippen LogP contribution in [0.2, 0.25) is 18.1 Å². The van der Waals surface area contributed by atoms with Crippen molar-refractivity contribution in [2.45, 2.75) is 74.7 Å². The summed E-state index contributed by atoms with van der Waals surface area (Å²) in [5.74, 6) is 7.74. The summed E-state index contributed by atoms with van der Waals surface area (Å²) >= 11 is 0. The van der Waals surface area contributed by atoms with Gasteiger partial charge in [-0.3, -0.25) is 13.9 Å². The van der Waals surface area contributed by atoms with Crippen LogP contribution in [-0.2, 0) is 34.2 Å². The summed E-state index contributed by atoms with van der Waals surface area (Å²) in [5, 5.41) is -0.180. The fourth-order valence-electron chi connectivity index (χ4n) is 5.90. The number of carbonyl (C=O) groups excluding carboxylic acids is 2. The largest absolute Gasteiger partial charge is 0.543 e. The summed E-state index contributed by atoms with van der Waals surface area (Å²) < 4.78 is 87.2. The van der Waals surface area contributed by atoms with Gasteiger partial charge in [-0.15, -0.1) is 0 Å². The normalized spacial score (nSPS) is 31.7. The fraction of sp³-hybridized carbons (Fsp3) is 0.517. The van der Waals surface area contributed by atoms with Crippen molar-refractivity contribution in [3.05, 3.63) is 35.9 Å². The molecule has 43 heavy (non-hydrogen) atoms. The number of ether oxygens (including phenoxy) is 2. The molecule has 1 saturated heterocycles. The van der Waals surface area contributed by atoms with E-state index in [1.165, 1.54) is 24.0 Å². The molecule has 2 fully saturated rings. The number of fused-ring (bicyclic) bond motifs is 1. The van der Waals surface area contributed by atoms with Crippen LogP contribution in [0.1, 0.15) is 33.3 Å². The van der Waals surface area contributed by atoms with Gasteiger partial charge in [0, 0.05) is 11.5 Å². The molecule has 4 bridgehead atoms. The van der Waals surface area contributed by atoms with Gasteiger partial charge in [-0.1, -0.05) is 51.4 Å². The number of epoxide rings is 1. The number of carbonyl (C=O) groups is 2. The maximum absolute atomic E-state index is 13.9. The Labute approximate surface area is 248 Å². The van der Waals surface area contributed by atoms with Crippen molar-refractivity contribution in [1.82, 2.24) is 0 Å². The molecule has 2 aliphatic heterocycles. The van der Waals surface area contributed by atoms with Gasteiger partial charge in [0.05, 0.1) is 12.8 Å². The van der Waals surface area contributed by atoms with E-state index in [0.717, 1.165) is 7.11 Å². The van der Waals surface area contributed by atoms with Gasteiger partial charge >= 0.3 is 21.7 Å². The molecule has 0 N–H and O–H groups in total. The molecule has 1 aromatic rings. The zero-order valence-corrected chi connectivity index (χ0v) is 26.3. The topological polar surface area (TPSA) is 112 Å². The molecule has 1 amide bonds. The molecule has 2 aliphatic carbocycles. The molecule has 230 valence electrons. The number of rotatable bonds is 4. The first-order valence-corrected chi connectivity index (χ1v) is 17.7. The van der Waals surface area contributed by atoms with Crippen LogP contribution in [0.3, 0.4) is 0 Å². The van der Waals surface area contributed by atoms with Crippen molar-refractivity contribution in [3.8, 4) is 29.4 Å². The predicted molar refractivity (Wildman–Crippen MR) is 151 cm³/mol. The number of benzene rings is 1. The third-order valence-corrected chi connectivity index (χ3v) is 14.4. The minimum Gasteiger partial charge on any atom is -0.543 e. The number of halogens is 3. The van der Waals surface area contributed by atoms with E-state index in [0.29, 0.717) is 11.3 Å². The van der Waals surface area contributed by atoms with Crippen LogP contribution in [0.15, 0.2) is 30.4 Å². The molecular formula is C29H30F3NO8SSi. The first-order chi connectivity index (χ1) is 19.8. The second-order valence-electron chi connectivity index (χ2n) is 12.4. The van der Waals surface area contributed by atoms with Gasteiger partial charge in [-0.05, 0) is 48.5 Å². The van der Waals surface area contributed by atoms with Crippen LogP contribution in [0.25, 0.3) is 0 Å². The van der Waals surface area contributed by atoms with Gasteiger partial charge in [-0.25, -0.2) is 4.79 Å². The Kier molecular flexibility index (Phi) is 6.95. The van der Waals surface area contributed by atoms with Gasteiger partial charge in [0.2, 0.25) is 8.32 Å². The molecular weight excluding hydrogens is 607 g/mol.